The molecule has 0 unspecified atom stereocenters. The molecule has 1 amide bonds. The summed E-state index contributed by atoms with van der Waals surface area (Å²) in [5.74, 6) is 2.10. The molecule has 2 aromatic rings. The number of carbonyl (C=O) groups is 1. The molecule has 1 N–H and O–H groups in total. The van der Waals surface area contributed by atoms with E-state index in [0.29, 0.717) is 16.4 Å². The lowest BCUT2D eigenvalue weighted by Gasteiger charge is -2.07. The summed E-state index contributed by atoms with van der Waals surface area (Å²) < 4.78 is 0. The Morgan fingerprint density at radius 2 is 2.30 bits per heavy atom. The van der Waals surface area contributed by atoms with Gasteiger partial charge in [0.1, 0.15) is 0 Å². The Bertz CT molecular complexity index is 697. The molecule has 2 rings (SSSR count). The molecule has 0 aliphatic carbocycles. The highest BCUT2D eigenvalue weighted by atomic mass is 35.5. The van der Waals surface area contributed by atoms with Crippen LogP contribution in [0.2, 0.25) is 5.02 Å². The van der Waals surface area contributed by atoms with Crippen molar-refractivity contribution < 1.29 is 4.79 Å². The lowest BCUT2D eigenvalue weighted by molar-refractivity contribution is 0.102. The van der Waals surface area contributed by atoms with Gasteiger partial charge in [-0.25, -0.2) is 9.97 Å². The molecule has 0 aliphatic rings. The number of hydrogen-bond donors (Lipinski definition) is 1. The number of aromatic nitrogens is 2. The van der Waals surface area contributed by atoms with Crippen LogP contribution < -0.4 is 5.32 Å². The first-order chi connectivity index (χ1) is 9.63. The fourth-order valence-corrected chi connectivity index (χ4v) is 2.00. The predicted octanol–water partition coefficient (Wildman–Crippen LogP) is 3.09. The third-order valence-electron chi connectivity index (χ3n) is 2.41. The van der Waals surface area contributed by atoms with E-state index in [1.807, 2.05) is 6.26 Å². The molecule has 1 heterocycles. The van der Waals surface area contributed by atoms with Crippen LogP contribution in [0.4, 0.5) is 5.69 Å². The second-order valence-corrected chi connectivity index (χ2v) is 4.91. The Morgan fingerprint density at radius 1 is 1.50 bits per heavy atom. The summed E-state index contributed by atoms with van der Waals surface area (Å²) in [6.45, 7) is 0. The highest BCUT2D eigenvalue weighted by Crippen LogP contribution is 2.18. The van der Waals surface area contributed by atoms with Gasteiger partial charge in [0, 0.05) is 11.3 Å². The highest BCUT2D eigenvalue weighted by molar-refractivity contribution is 7.98. The van der Waals surface area contributed by atoms with E-state index < -0.39 is 5.91 Å². The largest absolute Gasteiger partial charge is 0.321 e. The fraction of sp³-hybridized carbons (Fsp3) is 0.0714. The minimum Gasteiger partial charge on any atom is -0.321 e. The van der Waals surface area contributed by atoms with Crippen LogP contribution in [0.1, 0.15) is 16.1 Å². The van der Waals surface area contributed by atoms with Crippen LogP contribution in [0.3, 0.4) is 0 Å². The quantitative estimate of drug-likeness (QED) is 0.538. The molecule has 20 heavy (non-hydrogen) atoms. The first-order valence-corrected chi connectivity index (χ1v) is 7.19. The van der Waals surface area contributed by atoms with E-state index in [0.717, 1.165) is 0 Å². The molecule has 0 aliphatic heterocycles. The number of benzene rings is 1. The molecular weight excluding hydrogens is 294 g/mol. The average Bonchev–Trinajstić information content (AvgIpc) is 2.47. The average molecular weight is 304 g/mol. The summed E-state index contributed by atoms with van der Waals surface area (Å²) in [6, 6.07) is 6.98. The van der Waals surface area contributed by atoms with E-state index in [1.165, 1.54) is 18.0 Å². The van der Waals surface area contributed by atoms with Crippen LogP contribution in [-0.2, 0) is 0 Å². The maximum Gasteiger partial charge on any atom is 0.275 e. The van der Waals surface area contributed by atoms with Crippen LogP contribution in [-0.4, -0.2) is 22.1 Å². The van der Waals surface area contributed by atoms with Gasteiger partial charge in [-0.3, -0.25) is 4.79 Å². The van der Waals surface area contributed by atoms with Crippen molar-refractivity contribution in [3.05, 3.63) is 46.7 Å². The Labute approximate surface area is 126 Å². The molecule has 0 fully saturated rings. The summed E-state index contributed by atoms with van der Waals surface area (Å²) in [6.07, 6.45) is 8.55. The van der Waals surface area contributed by atoms with Crippen molar-refractivity contribution in [1.29, 1.82) is 0 Å². The van der Waals surface area contributed by atoms with Crippen LogP contribution in [0, 0.1) is 12.3 Å². The fourth-order valence-electron chi connectivity index (χ4n) is 1.49. The van der Waals surface area contributed by atoms with E-state index in [-0.39, 0.29) is 10.7 Å². The number of nitrogens with one attached hydrogen (secondary N) is 1. The van der Waals surface area contributed by atoms with Gasteiger partial charge in [-0.15, -0.1) is 6.42 Å². The summed E-state index contributed by atoms with van der Waals surface area (Å²) in [5, 5.41) is 3.39. The lowest BCUT2D eigenvalue weighted by atomic mass is 10.2. The maximum atomic E-state index is 12.2. The van der Waals surface area contributed by atoms with Crippen LogP contribution in [0.15, 0.2) is 35.6 Å². The van der Waals surface area contributed by atoms with E-state index in [4.69, 9.17) is 18.0 Å². The van der Waals surface area contributed by atoms with Gasteiger partial charge in [0.15, 0.2) is 10.9 Å². The van der Waals surface area contributed by atoms with Crippen molar-refractivity contribution >= 4 is 35.0 Å². The summed E-state index contributed by atoms with van der Waals surface area (Å²) in [5.41, 5.74) is 1.41. The number of terminal acetylenes is 1. The molecule has 1 aromatic carbocycles. The van der Waals surface area contributed by atoms with Gasteiger partial charge in [0.05, 0.1) is 11.2 Å². The van der Waals surface area contributed by atoms with Gasteiger partial charge in [0.25, 0.3) is 5.91 Å². The molecular formula is C14H10ClN3OS. The first-order valence-electron chi connectivity index (χ1n) is 5.58. The molecule has 0 spiro atoms. The smallest absolute Gasteiger partial charge is 0.275 e. The summed E-state index contributed by atoms with van der Waals surface area (Å²) in [7, 11) is 0. The number of rotatable bonds is 3. The van der Waals surface area contributed by atoms with Gasteiger partial charge in [-0.1, -0.05) is 35.3 Å². The number of nitrogens with zero attached hydrogens (tertiary/aromatic N) is 2. The van der Waals surface area contributed by atoms with Crippen molar-refractivity contribution in [2.75, 3.05) is 11.6 Å². The van der Waals surface area contributed by atoms with Crippen molar-refractivity contribution in [2.24, 2.45) is 0 Å². The van der Waals surface area contributed by atoms with E-state index in [9.17, 15) is 4.79 Å². The molecule has 0 saturated heterocycles. The Hall–Kier alpha value is -2.03. The standard InChI is InChI=1S/C14H10ClN3OS/c1-3-9-5-4-6-10(7-9)17-13(19)12-11(15)8-16-14(18-12)20-2/h1,4-8H,2H3,(H,17,19). The molecule has 1 aromatic heterocycles. The van der Waals surface area contributed by atoms with Gasteiger partial charge in [-0.05, 0) is 24.5 Å². The summed E-state index contributed by atoms with van der Waals surface area (Å²) in [4.78, 5) is 20.2. The second kappa shape index (κ2) is 6.42. The van der Waals surface area contributed by atoms with Crippen LogP contribution >= 0.6 is 23.4 Å². The molecule has 4 nitrogen and oxygen atoms in total. The molecule has 100 valence electrons. The van der Waals surface area contributed by atoms with Crippen molar-refractivity contribution in [3.8, 4) is 12.3 Å². The number of hydrogen-bond acceptors (Lipinski definition) is 4. The monoisotopic (exact) mass is 303 g/mol. The Balaban J connectivity index is 2.26. The minimum absolute atomic E-state index is 0.136. The predicted molar refractivity (Wildman–Crippen MR) is 81.2 cm³/mol. The first kappa shape index (κ1) is 14.4. The SMILES string of the molecule is C#Cc1cccc(NC(=O)c2nc(SC)ncc2Cl)c1. The Kier molecular flexibility index (Phi) is 4.61. The third kappa shape index (κ3) is 3.29. The minimum atomic E-state index is -0.401. The second-order valence-electron chi connectivity index (χ2n) is 3.73. The lowest BCUT2D eigenvalue weighted by Crippen LogP contribution is -2.15. The maximum absolute atomic E-state index is 12.2. The number of anilines is 1. The van der Waals surface area contributed by atoms with Crippen molar-refractivity contribution in [1.82, 2.24) is 9.97 Å². The molecule has 6 heteroatoms. The van der Waals surface area contributed by atoms with E-state index in [1.54, 1.807) is 24.3 Å². The molecule has 0 atom stereocenters. The normalized spacial score (nSPS) is 9.85. The number of halogens is 1. The van der Waals surface area contributed by atoms with Gasteiger partial charge in [-0.2, -0.15) is 0 Å². The zero-order valence-electron chi connectivity index (χ0n) is 10.6. The van der Waals surface area contributed by atoms with Crippen LogP contribution in [0.5, 0.6) is 0 Å². The molecule has 0 saturated carbocycles. The zero-order valence-corrected chi connectivity index (χ0v) is 12.1. The zero-order chi connectivity index (χ0) is 14.5. The summed E-state index contributed by atoms with van der Waals surface area (Å²) >= 11 is 7.28. The molecule has 0 bridgehead atoms. The van der Waals surface area contributed by atoms with Gasteiger partial charge >= 0.3 is 0 Å². The number of thioether (sulfide) groups is 1. The van der Waals surface area contributed by atoms with Crippen LogP contribution in [0.25, 0.3) is 0 Å². The molecule has 0 radical (unpaired) electrons. The van der Waals surface area contributed by atoms with E-state index in [2.05, 4.69) is 21.2 Å². The van der Waals surface area contributed by atoms with E-state index >= 15 is 0 Å². The Morgan fingerprint density at radius 3 is 3.00 bits per heavy atom. The van der Waals surface area contributed by atoms with Crippen molar-refractivity contribution in [2.45, 2.75) is 5.16 Å². The third-order valence-corrected chi connectivity index (χ3v) is 3.25. The number of amides is 1. The topological polar surface area (TPSA) is 54.9 Å². The van der Waals surface area contributed by atoms with Crippen molar-refractivity contribution in [3.63, 3.8) is 0 Å². The van der Waals surface area contributed by atoms with Gasteiger partial charge < -0.3 is 5.32 Å². The highest BCUT2D eigenvalue weighted by Gasteiger charge is 2.14. The van der Waals surface area contributed by atoms with Gasteiger partial charge in [0.2, 0.25) is 0 Å². The number of carbonyl (C=O) groups excluding carboxylic acids is 1.